The Kier molecular flexibility index (Phi) is 5.19. The Labute approximate surface area is 117 Å². The summed E-state index contributed by atoms with van der Waals surface area (Å²) in [6.45, 7) is 0.129. The molecule has 0 saturated carbocycles. The van der Waals surface area contributed by atoms with E-state index < -0.39 is 24.6 Å². The van der Waals surface area contributed by atoms with Gasteiger partial charge in [-0.3, -0.25) is 0 Å². The van der Waals surface area contributed by atoms with Crippen molar-refractivity contribution in [1.82, 2.24) is 0 Å². The molecule has 0 bridgehead atoms. The lowest BCUT2D eigenvalue weighted by Crippen LogP contribution is -2.51. The molecule has 0 spiro atoms. The number of rotatable bonds is 5. The SMILES string of the molecule is COc1ccc(OC[C@H]2O[C@H](OC)C[C@H](O)[C@@H]2O)cc1. The van der Waals surface area contributed by atoms with Crippen molar-refractivity contribution in [2.45, 2.75) is 31.0 Å². The molecule has 6 nitrogen and oxygen atoms in total. The molecule has 112 valence electrons. The van der Waals surface area contributed by atoms with E-state index in [4.69, 9.17) is 18.9 Å². The molecule has 0 aliphatic carbocycles. The number of benzene rings is 1. The van der Waals surface area contributed by atoms with Gasteiger partial charge in [0.1, 0.15) is 30.3 Å². The van der Waals surface area contributed by atoms with Crippen molar-refractivity contribution in [3.05, 3.63) is 24.3 Å². The van der Waals surface area contributed by atoms with Crippen LogP contribution in [0.4, 0.5) is 0 Å². The molecule has 2 N–H and O–H groups in total. The predicted octanol–water partition coefficient (Wildman–Crippen LogP) is 0.557. The van der Waals surface area contributed by atoms with Crippen molar-refractivity contribution < 1.29 is 29.2 Å². The third-order valence-electron chi connectivity index (χ3n) is 3.27. The molecule has 1 aliphatic rings. The van der Waals surface area contributed by atoms with Gasteiger partial charge in [-0.2, -0.15) is 0 Å². The van der Waals surface area contributed by atoms with E-state index in [1.165, 1.54) is 7.11 Å². The molecular weight excluding hydrogens is 264 g/mol. The molecule has 1 aromatic carbocycles. The first-order valence-electron chi connectivity index (χ1n) is 6.45. The fourth-order valence-electron chi connectivity index (χ4n) is 2.06. The van der Waals surface area contributed by atoms with Gasteiger partial charge in [0.05, 0.1) is 13.2 Å². The number of hydrogen-bond acceptors (Lipinski definition) is 6. The highest BCUT2D eigenvalue weighted by Crippen LogP contribution is 2.23. The van der Waals surface area contributed by atoms with Gasteiger partial charge in [0, 0.05) is 13.5 Å². The summed E-state index contributed by atoms with van der Waals surface area (Å²) in [6, 6.07) is 7.08. The van der Waals surface area contributed by atoms with Gasteiger partial charge in [0.25, 0.3) is 0 Å². The van der Waals surface area contributed by atoms with Crippen LogP contribution >= 0.6 is 0 Å². The molecule has 2 rings (SSSR count). The van der Waals surface area contributed by atoms with Gasteiger partial charge < -0.3 is 29.2 Å². The molecule has 1 aliphatic heterocycles. The number of aliphatic hydroxyl groups excluding tert-OH is 2. The predicted molar refractivity (Wildman–Crippen MR) is 70.8 cm³/mol. The van der Waals surface area contributed by atoms with Gasteiger partial charge >= 0.3 is 0 Å². The Balaban J connectivity index is 1.90. The second-order valence-electron chi connectivity index (χ2n) is 4.62. The minimum atomic E-state index is -0.986. The first-order chi connectivity index (χ1) is 9.63. The molecule has 0 amide bonds. The quantitative estimate of drug-likeness (QED) is 0.822. The van der Waals surface area contributed by atoms with E-state index >= 15 is 0 Å². The molecule has 0 unspecified atom stereocenters. The molecule has 1 saturated heterocycles. The highest BCUT2D eigenvalue weighted by Gasteiger charge is 2.37. The van der Waals surface area contributed by atoms with Gasteiger partial charge in [-0.05, 0) is 24.3 Å². The normalized spacial score (nSPS) is 30.0. The second kappa shape index (κ2) is 6.90. The van der Waals surface area contributed by atoms with E-state index in [1.54, 1.807) is 31.4 Å². The molecule has 4 atom stereocenters. The van der Waals surface area contributed by atoms with E-state index in [0.29, 0.717) is 5.75 Å². The minimum absolute atomic E-state index is 0.129. The van der Waals surface area contributed by atoms with Gasteiger partial charge in [-0.15, -0.1) is 0 Å². The Morgan fingerprint density at radius 2 is 1.80 bits per heavy atom. The maximum atomic E-state index is 9.88. The number of ether oxygens (including phenoxy) is 4. The highest BCUT2D eigenvalue weighted by atomic mass is 16.7. The maximum absolute atomic E-state index is 9.88. The van der Waals surface area contributed by atoms with E-state index in [1.807, 2.05) is 0 Å². The Hall–Kier alpha value is -1.34. The zero-order valence-electron chi connectivity index (χ0n) is 11.6. The lowest BCUT2D eigenvalue weighted by molar-refractivity contribution is -0.247. The number of aliphatic hydroxyl groups is 2. The van der Waals surface area contributed by atoms with Crippen molar-refractivity contribution in [3.63, 3.8) is 0 Å². The van der Waals surface area contributed by atoms with Gasteiger partial charge in [0.2, 0.25) is 0 Å². The molecule has 1 fully saturated rings. The van der Waals surface area contributed by atoms with Crippen molar-refractivity contribution in [2.75, 3.05) is 20.8 Å². The van der Waals surface area contributed by atoms with Crippen LogP contribution in [0.5, 0.6) is 11.5 Å². The zero-order chi connectivity index (χ0) is 14.5. The third-order valence-corrected chi connectivity index (χ3v) is 3.27. The summed E-state index contributed by atoms with van der Waals surface area (Å²) in [4.78, 5) is 0. The summed E-state index contributed by atoms with van der Waals surface area (Å²) < 4.78 is 21.2. The maximum Gasteiger partial charge on any atom is 0.160 e. The minimum Gasteiger partial charge on any atom is -0.497 e. The van der Waals surface area contributed by atoms with Crippen LogP contribution in [0, 0.1) is 0 Å². The van der Waals surface area contributed by atoms with Crippen molar-refractivity contribution in [3.8, 4) is 11.5 Å². The fraction of sp³-hybridized carbons (Fsp3) is 0.571. The van der Waals surface area contributed by atoms with Crippen LogP contribution in [-0.4, -0.2) is 55.6 Å². The number of hydrogen-bond donors (Lipinski definition) is 2. The van der Waals surface area contributed by atoms with Gasteiger partial charge in [-0.25, -0.2) is 0 Å². The van der Waals surface area contributed by atoms with Crippen LogP contribution in [0.1, 0.15) is 6.42 Å². The highest BCUT2D eigenvalue weighted by molar-refractivity contribution is 5.31. The lowest BCUT2D eigenvalue weighted by atomic mass is 10.0. The van der Waals surface area contributed by atoms with Crippen LogP contribution in [0.25, 0.3) is 0 Å². The molecule has 1 aromatic rings. The van der Waals surface area contributed by atoms with Crippen molar-refractivity contribution >= 4 is 0 Å². The van der Waals surface area contributed by atoms with Crippen LogP contribution in [0.2, 0.25) is 0 Å². The Morgan fingerprint density at radius 1 is 1.15 bits per heavy atom. The van der Waals surface area contributed by atoms with Crippen LogP contribution < -0.4 is 9.47 Å². The lowest BCUT2D eigenvalue weighted by Gasteiger charge is -2.36. The topological polar surface area (TPSA) is 77.4 Å². The zero-order valence-corrected chi connectivity index (χ0v) is 11.6. The monoisotopic (exact) mass is 284 g/mol. The van der Waals surface area contributed by atoms with Crippen LogP contribution in [0.15, 0.2) is 24.3 Å². The van der Waals surface area contributed by atoms with E-state index in [9.17, 15) is 10.2 Å². The van der Waals surface area contributed by atoms with Gasteiger partial charge in [-0.1, -0.05) is 0 Å². The van der Waals surface area contributed by atoms with Crippen molar-refractivity contribution in [1.29, 1.82) is 0 Å². The summed E-state index contributed by atoms with van der Waals surface area (Å²) in [6.07, 6.45) is -2.78. The Morgan fingerprint density at radius 3 is 2.40 bits per heavy atom. The van der Waals surface area contributed by atoms with Crippen LogP contribution in [0.3, 0.4) is 0 Å². The van der Waals surface area contributed by atoms with E-state index in [-0.39, 0.29) is 13.0 Å². The molecule has 20 heavy (non-hydrogen) atoms. The first-order valence-corrected chi connectivity index (χ1v) is 6.45. The molecule has 0 radical (unpaired) electrons. The largest absolute Gasteiger partial charge is 0.497 e. The fourth-order valence-corrected chi connectivity index (χ4v) is 2.06. The summed E-state index contributed by atoms with van der Waals surface area (Å²) in [5.74, 6) is 1.37. The molecular formula is C14H20O6. The summed E-state index contributed by atoms with van der Waals surface area (Å²) >= 11 is 0. The summed E-state index contributed by atoms with van der Waals surface area (Å²) in [5.41, 5.74) is 0. The van der Waals surface area contributed by atoms with Crippen LogP contribution in [-0.2, 0) is 9.47 Å². The summed E-state index contributed by atoms with van der Waals surface area (Å²) in [5, 5.41) is 19.6. The second-order valence-corrected chi connectivity index (χ2v) is 4.62. The first kappa shape index (κ1) is 15.1. The van der Waals surface area contributed by atoms with Gasteiger partial charge in [0.15, 0.2) is 6.29 Å². The Bertz CT molecular complexity index is 407. The van der Waals surface area contributed by atoms with Crippen molar-refractivity contribution in [2.24, 2.45) is 0 Å². The summed E-state index contributed by atoms with van der Waals surface area (Å²) in [7, 11) is 3.09. The molecule has 0 aromatic heterocycles. The molecule has 1 heterocycles. The standard InChI is InChI=1S/C14H20O6/c1-17-9-3-5-10(6-4-9)19-8-12-14(16)11(15)7-13(18-2)20-12/h3-6,11-16H,7-8H2,1-2H3/t11-,12+,13-,14-/m0/s1. The smallest absolute Gasteiger partial charge is 0.160 e. The molecule has 6 heteroatoms. The van der Waals surface area contributed by atoms with E-state index in [0.717, 1.165) is 5.75 Å². The average molecular weight is 284 g/mol. The van der Waals surface area contributed by atoms with E-state index in [2.05, 4.69) is 0 Å². The average Bonchev–Trinajstić information content (AvgIpc) is 2.49. The third kappa shape index (κ3) is 3.61. The number of methoxy groups -OCH3 is 2.